The summed E-state index contributed by atoms with van der Waals surface area (Å²) in [5, 5.41) is 0. The number of carbonyl (C=O) groups is 1. The minimum atomic E-state index is -4.11. The maximum absolute atomic E-state index is 13.4. The lowest BCUT2D eigenvalue weighted by Gasteiger charge is -2.22. The van der Waals surface area contributed by atoms with Gasteiger partial charge in [-0.2, -0.15) is 4.31 Å². The fraction of sp³-hybridized carbons (Fsp3) is 0.160. The van der Waals surface area contributed by atoms with Crippen molar-refractivity contribution in [1.82, 2.24) is 0 Å². The lowest BCUT2D eigenvalue weighted by Crippen LogP contribution is -2.35. The standard InChI is InChI=1S/C25H24BrNO4S/c1-4-19-7-11-21(12-8-19)27(32(29,30)22-13-5-18(2)6-14-22)25(28)16-10-20-9-15-24(31-3)23(26)17-20/h5-17H,4H2,1-3H3/b16-10+. The molecule has 0 saturated carbocycles. The molecule has 3 aromatic carbocycles. The molecule has 166 valence electrons. The number of rotatable bonds is 7. The maximum Gasteiger partial charge on any atom is 0.271 e. The van der Waals surface area contributed by atoms with Crippen LogP contribution in [-0.4, -0.2) is 21.4 Å². The van der Waals surface area contributed by atoms with Gasteiger partial charge in [0.1, 0.15) is 5.75 Å². The van der Waals surface area contributed by atoms with E-state index in [1.165, 1.54) is 18.2 Å². The minimum Gasteiger partial charge on any atom is -0.496 e. The Balaban J connectivity index is 2.02. The molecule has 0 N–H and O–H groups in total. The first-order chi connectivity index (χ1) is 15.3. The highest BCUT2D eigenvalue weighted by Crippen LogP contribution is 2.27. The highest BCUT2D eigenvalue weighted by Gasteiger charge is 2.29. The van der Waals surface area contributed by atoms with Gasteiger partial charge in [-0.05, 0) is 82.9 Å². The summed E-state index contributed by atoms with van der Waals surface area (Å²) in [4.78, 5) is 13.2. The molecule has 0 atom stereocenters. The van der Waals surface area contributed by atoms with E-state index in [4.69, 9.17) is 4.74 Å². The Kier molecular flexibility index (Phi) is 7.53. The van der Waals surface area contributed by atoms with Gasteiger partial charge in [0.25, 0.3) is 15.9 Å². The molecule has 0 aromatic heterocycles. The Morgan fingerprint density at radius 3 is 2.25 bits per heavy atom. The van der Waals surface area contributed by atoms with E-state index in [0.717, 1.165) is 31.9 Å². The second kappa shape index (κ2) is 10.1. The monoisotopic (exact) mass is 513 g/mol. The summed E-state index contributed by atoms with van der Waals surface area (Å²) in [6, 6.07) is 18.7. The Morgan fingerprint density at radius 1 is 1.03 bits per heavy atom. The SMILES string of the molecule is CCc1ccc(N(C(=O)/C=C/c2ccc(OC)c(Br)c2)S(=O)(=O)c2ccc(C)cc2)cc1. The summed E-state index contributed by atoms with van der Waals surface area (Å²) < 4.78 is 33.7. The zero-order valence-electron chi connectivity index (χ0n) is 18.1. The summed E-state index contributed by atoms with van der Waals surface area (Å²) in [6.07, 6.45) is 3.64. The van der Waals surface area contributed by atoms with Crippen molar-refractivity contribution in [1.29, 1.82) is 0 Å². The molecule has 3 aromatic rings. The van der Waals surface area contributed by atoms with Gasteiger partial charge in [0, 0.05) is 6.08 Å². The normalized spacial score (nSPS) is 11.5. The molecular weight excluding hydrogens is 490 g/mol. The van der Waals surface area contributed by atoms with E-state index in [1.54, 1.807) is 55.7 Å². The van der Waals surface area contributed by atoms with Crippen LogP contribution in [0.5, 0.6) is 5.75 Å². The number of halogens is 1. The number of sulfonamides is 1. The van der Waals surface area contributed by atoms with Crippen LogP contribution in [0.2, 0.25) is 0 Å². The maximum atomic E-state index is 13.4. The van der Waals surface area contributed by atoms with Crippen LogP contribution in [0.1, 0.15) is 23.6 Å². The average molecular weight is 514 g/mol. The van der Waals surface area contributed by atoms with Crippen LogP contribution in [-0.2, 0) is 21.2 Å². The third kappa shape index (κ3) is 5.29. The fourth-order valence-electron chi connectivity index (χ4n) is 3.09. The lowest BCUT2D eigenvalue weighted by atomic mass is 10.1. The van der Waals surface area contributed by atoms with Crippen LogP contribution >= 0.6 is 15.9 Å². The van der Waals surface area contributed by atoms with Gasteiger partial charge in [-0.15, -0.1) is 0 Å². The first-order valence-corrected chi connectivity index (χ1v) is 12.3. The van der Waals surface area contributed by atoms with Crippen molar-refractivity contribution in [3.8, 4) is 5.75 Å². The number of hydrogen-bond donors (Lipinski definition) is 0. The molecule has 32 heavy (non-hydrogen) atoms. The molecule has 0 fully saturated rings. The summed E-state index contributed by atoms with van der Waals surface area (Å²) in [7, 11) is -2.54. The molecule has 0 heterocycles. The predicted molar refractivity (Wildman–Crippen MR) is 131 cm³/mol. The third-order valence-corrected chi connectivity index (χ3v) is 7.29. The van der Waals surface area contributed by atoms with Crippen molar-refractivity contribution < 1.29 is 17.9 Å². The van der Waals surface area contributed by atoms with E-state index in [9.17, 15) is 13.2 Å². The minimum absolute atomic E-state index is 0.0524. The van der Waals surface area contributed by atoms with Gasteiger partial charge in [-0.3, -0.25) is 4.79 Å². The molecule has 0 aliphatic heterocycles. The van der Waals surface area contributed by atoms with Crippen molar-refractivity contribution in [2.24, 2.45) is 0 Å². The molecule has 0 aliphatic carbocycles. The summed E-state index contributed by atoms with van der Waals surface area (Å²) >= 11 is 3.41. The molecule has 0 saturated heterocycles. The summed E-state index contributed by atoms with van der Waals surface area (Å²) in [5.41, 5.74) is 2.99. The van der Waals surface area contributed by atoms with Gasteiger partial charge in [-0.25, -0.2) is 8.42 Å². The summed E-state index contributed by atoms with van der Waals surface area (Å²) in [6.45, 7) is 3.88. The van der Waals surface area contributed by atoms with Gasteiger partial charge < -0.3 is 4.74 Å². The second-order valence-corrected chi connectivity index (χ2v) is 9.81. The van der Waals surface area contributed by atoms with Crippen LogP contribution in [0.4, 0.5) is 5.69 Å². The highest BCUT2D eigenvalue weighted by atomic mass is 79.9. The number of hydrogen-bond acceptors (Lipinski definition) is 4. The molecule has 3 rings (SSSR count). The van der Waals surface area contributed by atoms with E-state index in [0.29, 0.717) is 5.75 Å². The number of anilines is 1. The van der Waals surface area contributed by atoms with E-state index in [2.05, 4.69) is 15.9 Å². The number of ether oxygens (including phenoxy) is 1. The van der Waals surface area contributed by atoms with Gasteiger partial charge >= 0.3 is 0 Å². The number of carbonyl (C=O) groups excluding carboxylic acids is 1. The van der Waals surface area contributed by atoms with E-state index >= 15 is 0 Å². The molecule has 0 bridgehead atoms. The van der Waals surface area contributed by atoms with Gasteiger partial charge in [-0.1, -0.05) is 42.8 Å². The quantitative estimate of drug-likeness (QED) is 0.376. The van der Waals surface area contributed by atoms with Crippen molar-refractivity contribution in [3.63, 3.8) is 0 Å². The van der Waals surface area contributed by atoms with Crippen molar-refractivity contribution in [2.45, 2.75) is 25.2 Å². The van der Waals surface area contributed by atoms with Crippen LogP contribution in [0, 0.1) is 6.92 Å². The van der Waals surface area contributed by atoms with Crippen LogP contribution < -0.4 is 9.04 Å². The Hall–Kier alpha value is -2.90. The van der Waals surface area contributed by atoms with Gasteiger partial charge in [0.15, 0.2) is 0 Å². The molecular formula is C25H24BrNO4S. The number of amides is 1. The molecule has 0 unspecified atom stereocenters. The molecule has 0 spiro atoms. The molecule has 0 radical (unpaired) electrons. The fourth-order valence-corrected chi connectivity index (χ4v) is 5.03. The van der Waals surface area contributed by atoms with Crippen LogP contribution in [0.25, 0.3) is 6.08 Å². The summed E-state index contributed by atoms with van der Waals surface area (Å²) in [5.74, 6) is -0.00479. The number of nitrogens with zero attached hydrogens (tertiary/aromatic N) is 1. The van der Waals surface area contributed by atoms with Gasteiger partial charge in [0.05, 0.1) is 22.2 Å². The Bertz CT molecular complexity index is 1230. The number of methoxy groups -OCH3 is 1. The van der Waals surface area contributed by atoms with Crippen molar-refractivity contribution in [2.75, 3.05) is 11.4 Å². The second-order valence-electron chi connectivity index (χ2n) is 7.17. The molecule has 1 amide bonds. The molecule has 0 aliphatic rings. The zero-order chi connectivity index (χ0) is 23.3. The molecule has 7 heteroatoms. The number of benzene rings is 3. The Labute approximate surface area is 197 Å². The number of aryl methyl sites for hydroxylation is 2. The average Bonchev–Trinajstić information content (AvgIpc) is 2.78. The zero-order valence-corrected chi connectivity index (χ0v) is 20.5. The van der Waals surface area contributed by atoms with E-state index in [-0.39, 0.29) is 10.6 Å². The first kappa shape index (κ1) is 23.8. The van der Waals surface area contributed by atoms with Crippen molar-refractivity contribution >= 4 is 43.6 Å². The largest absolute Gasteiger partial charge is 0.496 e. The van der Waals surface area contributed by atoms with Crippen LogP contribution in [0.15, 0.2) is 82.2 Å². The van der Waals surface area contributed by atoms with Gasteiger partial charge in [0.2, 0.25) is 0 Å². The first-order valence-electron chi connectivity index (χ1n) is 10.0. The van der Waals surface area contributed by atoms with Crippen molar-refractivity contribution in [3.05, 3.63) is 94.0 Å². The third-order valence-electron chi connectivity index (χ3n) is 4.93. The predicted octanol–water partition coefficient (Wildman–Crippen LogP) is 5.76. The lowest BCUT2D eigenvalue weighted by molar-refractivity contribution is -0.113. The highest BCUT2D eigenvalue weighted by molar-refractivity contribution is 9.10. The topological polar surface area (TPSA) is 63.7 Å². The smallest absolute Gasteiger partial charge is 0.271 e. The van der Waals surface area contributed by atoms with E-state index in [1.807, 2.05) is 26.0 Å². The molecule has 5 nitrogen and oxygen atoms in total. The van der Waals surface area contributed by atoms with Crippen LogP contribution in [0.3, 0.4) is 0 Å². The Morgan fingerprint density at radius 2 is 1.69 bits per heavy atom. The van der Waals surface area contributed by atoms with E-state index < -0.39 is 15.9 Å².